The van der Waals surface area contributed by atoms with Gasteiger partial charge in [-0.3, -0.25) is 4.79 Å². The van der Waals surface area contributed by atoms with Gasteiger partial charge in [0.1, 0.15) is 12.7 Å². The lowest BCUT2D eigenvalue weighted by Crippen LogP contribution is -2.65. The summed E-state index contributed by atoms with van der Waals surface area (Å²) in [7, 11) is 0. The van der Waals surface area contributed by atoms with Crippen LogP contribution in [0.15, 0.2) is 11.6 Å². The van der Waals surface area contributed by atoms with Gasteiger partial charge in [0.2, 0.25) is 0 Å². The summed E-state index contributed by atoms with van der Waals surface area (Å²) in [5, 5.41) is 11.9. The number of hydrogen-bond donors (Lipinski definition) is 1. The van der Waals surface area contributed by atoms with Crippen LogP contribution in [0.2, 0.25) is 0 Å². The first-order valence-electron chi connectivity index (χ1n) is 9.52. The minimum Gasteiger partial charge on any atom is -0.462 e. The van der Waals surface area contributed by atoms with E-state index in [0.717, 1.165) is 19.3 Å². The lowest BCUT2D eigenvalue weighted by molar-refractivity contribution is -0.217. The fourth-order valence-electron chi connectivity index (χ4n) is 6.46. The molecule has 0 aromatic rings. The molecule has 25 heavy (non-hydrogen) atoms. The van der Waals surface area contributed by atoms with E-state index in [1.54, 1.807) is 0 Å². The molecular weight excluding hydrogens is 320 g/mol. The lowest BCUT2D eigenvalue weighted by atomic mass is 9.44. The van der Waals surface area contributed by atoms with Crippen molar-refractivity contribution in [2.24, 2.45) is 22.7 Å². The van der Waals surface area contributed by atoms with E-state index < -0.39 is 11.0 Å². The third-order valence-corrected chi connectivity index (χ3v) is 7.83. The fourth-order valence-corrected chi connectivity index (χ4v) is 6.46. The van der Waals surface area contributed by atoms with Crippen LogP contribution in [-0.2, 0) is 19.1 Å². The van der Waals surface area contributed by atoms with Gasteiger partial charge >= 0.3 is 11.9 Å². The van der Waals surface area contributed by atoms with Gasteiger partial charge in [-0.1, -0.05) is 20.3 Å². The molecule has 4 rings (SSSR count). The molecule has 5 heteroatoms. The number of hydrogen-bond acceptors (Lipinski definition) is 5. The largest absolute Gasteiger partial charge is 0.462 e. The highest BCUT2D eigenvalue weighted by Crippen LogP contribution is 2.67. The Hall–Kier alpha value is -1.36. The highest BCUT2D eigenvalue weighted by Gasteiger charge is 2.71. The molecule has 5 nitrogen and oxygen atoms in total. The molecule has 6 atom stereocenters. The van der Waals surface area contributed by atoms with E-state index in [-0.39, 0.29) is 35.3 Å². The zero-order valence-corrected chi connectivity index (χ0v) is 15.3. The molecule has 0 unspecified atom stereocenters. The molecular formula is C20H28O5. The molecule has 2 saturated carbocycles. The average molecular weight is 348 g/mol. The van der Waals surface area contributed by atoms with Crippen LogP contribution in [0.1, 0.15) is 59.3 Å². The molecule has 2 aliphatic heterocycles. The quantitative estimate of drug-likeness (QED) is 0.794. The average Bonchev–Trinajstić information content (AvgIpc) is 3.06. The Balaban J connectivity index is 1.67. The van der Waals surface area contributed by atoms with Crippen LogP contribution in [0.4, 0.5) is 0 Å². The molecule has 1 saturated heterocycles. The van der Waals surface area contributed by atoms with Crippen molar-refractivity contribution < 1.29 is 24.2 Å². The summed E-state index contributed by atoms with van der Waals surface area (Å²) < 4.78 is 10.8. The highest BCUT2D eigenvalue weighted by molar-refractivity contribution is 5.90. The van der Waals surface area contributed by atoms with Crippen LogP contribution in [0.5, 0.6) is 0 Å². The van der Waals surface area contributed by atoms with Crippen molar-refractivity contribution in [3.05, 3.63) is 11.6 Å². The SMILES string of the molecule is C[C@H]1C[C@H]2OC(=O)[C@@]3(C)CCC[C@@](C)([C@@H]23)[C@@]1(O)CCC1=CCOC1=O. The summed E-state index contributed by atoms with van der Waals surface area (Å²) in [6.07, 6.45) is 6.13. The van der Waals surface area contributed by atoms with E-state index in [0.29, 0.717) is 31.4 Å². The van der Waals surface area contributed by atoms with Gasteiger partial charge in [-0.25, -0.2) is 4.79 Å². The first-order chi connectivity index (χ1) is 11.7. The molecule has 3 fully saturated rings. The molecule has 4 aliphatic rings. The van der Waals surface area contributed by atoms with E-state index in [1.165, 1.54) is 0 Å². The summed E-state index contributed by atoms with van der Waals surface area (Å²) in [6, 6.07) is 0. The third kappa shape index (κ3) is 2.11. The minimum absolute atomic E-state index is 0.0185. The van der Waals surface area contributed by atoms with E-state index in [9.17, 15) is 14.7 Å². The predicted molar refractivity (Wildman–Crippen MR) is 90.4 cm³/mol. The molecule has 2 aliphatic carbocycles. The summed E-state index contributed by atoms with van der Waals surface area (Å²) in [5.74, 6) is -0.285. The maximum absolute atomic E-state index is 12.6. The van der Waals surface area contributed by atoms with E-state index in [2.05, 4.69) is 13.8 Å². The Morgan fingerprint density at radius 2 is 2.04 bits per heavy atom. The van der Waals surface area contributed by atoms with Gasteiger partial charge in [0.25, 0.3) is 0 Å². The van der Waals surface area contributed by atoms with E-state index in [4.69, 9.17) is 9.47 Å². The molecule has 0 spiro atoms. The van der Waals surface area contributed by atoms with Gasteiger partial charge in [0.15, 0.2) is 0 Å². The maximum Gasteiger partial charge on any atom is 0.334 e. The van der Waals surface area contributed by atoms with Gasteiger partial charge in [-0.2, -0.15) is 0 Å². The second-order valence-electron chi connectivity index (χ2n) is 9.00. The molecule has 0 bridgehead atoms. The number of aliphatic hydroxyl groups is 1. The number of rotatable bonds is 3. The number of esters is 2. The standard InChI is InChI=1S/C20H28O5/c1-12-11-14-15-18(2,17(22)25-14)7-4-8-19(15,3)20(12,23)9-5-13-6-10-24-16(13)21/h6,12,14-15,23H,4-5,7-11H2,1-3H3/t12-,14+,15-,18-,19-,20+/m0/s1. The van der Waals surface area contributed by atoms with Crippen molar-refractivity contribution >= 4 is 11.9 Å². The van der Waals surface area contributed by atoms with Crippen molar-refractivity contribution in [3.8, 4) is 0 Å². The molecule has 0 amide bonds. The van der Waals surface area contributed by atoms with Crippen LogP contribution >= 0.6 is 0 Å². The normalized spacial score (nSPS) is 48.6. The zero-order chi connectivity index (χ0) is 18.0. The van der Waals surface area contributed by atoms with Crippen molar-refractivity contribution in [2.45, 2.75) is 71.0 Å². The number of ether oxygens (including phenoxy) is 2. The maximum atomic E-state index is 12.6. The van der Waals surface area contributed by atoms with E-state index in [1.807, 2.05) is 13.0 Å². The van der Waals surface area contributed by atoms with Gasteiger partial charge < -0.3 is 14.6 Å². The van der Waals surface area contributed by atoms with Crippen LogP contribution < -0.4 is 0 Å². The van der Waals surface area contributed by atoms with E-state index >= 15 is 0 Å². The molecule has 2 heterocycles. The molecule has 1 N–H and O–H groups in total. The summed E-state index contributed by atoms with van der Waals surface area (Å²) >= 11 is 0. The number of cyclic esters (lactones) is 1. The van der Waals surface area contributed by atoms with Gasteiger partial charge in [-0.05, 0) is 51.0 Å². The first-order valence-corrected chi connectivity index (χ1v) is 9.52. The Labute approximate surface area is 148 Å². The predicted octanol–water partition coefficient (Wildman–Crippen LogP) is 2.76. The number of carbonyl (C=O) groups is 2. The van der Waals surface area contributed by atoms with Gasteiger partial charge in [0.05, 0.1) is 11.0 Å². The Bertz CT molecular complexity index is 654. The first kappa shape index (κ1) is 17.1. The summed E-state index contributed by atoms with van der Waals surface area (Å²) in [6.45, 7) is 6.55. The number of carbonyl (C=O) groups excluding carboxylic acids is 2. The van der Waals surface area contributed by atoms with Crippen molar-refractivity contribution in [3.63, 3.8) is 0 Å². The van der Waals surface area contributed by atoms with Gasteiger partial charge in [0, 0.05) is 16.9 Å². The smallest absolute Gasteiger partial charge is 0.334 e. The third-order valence-electron chi connectivity index (χ3n) is 7.83. The Morgan fingerprint density at radius 3 is 2.72 bits per heavy atom. The second kappa shape index (κ2) is 5.32. The molecule has 0 aromatic heterocycles. The fraction of sp³-hybridized carbons (Fsp3) is 0.800. The second-order valence-corrected chi connectivity index (χ2v) is 9.00. The minimum atomic E-state index is -0.909. The zero-order valence-electron chi connectivity index (χ0n) is 15.3. The molecule has 0 aromatic carbocycles. The van der Waals surface area contributed by atoms with Crippen LogP contribution in [0.25, 0.3) is 0 Å². The highest BCUT2D eigenvalue weighted by atomic mass is 16.6. The Kier molecular flexibility index (Phi) is 3.63. The topological polar surface area (TPSA) is 72.8 Å². The molecule has 138 valence electrons. The van der Waals surface area contributed by atoms with Gasteiger partial charge in [-0.15, -0.1) is 0 Å². The van der Waals surface area contributed by atoms with Crippen molar-refractivity contribution in [2.75, 3.05) is 6.61 Å². The summed E-state index contributed by atoms with van der Waals surface area (Å²) in [4.78, 5) is 24.3. The van der Waals surface area contributed by atoms with Crippen LogP contribution in [-0.4, -0.2) is 35.4 Å². The molecule has 0 radical (unpaired) electrons. The van der Waals surface area contributed by atoms with Crippen LogP contribution in [0, 0.1) is 22.7 Å². The van der Waals surface area contributed by atoms with Crippen molar-refractivity contribution in [1.82, 2.24) is 0 Å². The van der Waals surface area contributed by atoms with Crippen molar-refractivity contribution in [1.29, 1.82) is 0 Å². The monoisotopic (exact) mass is 348 g/mol. The van der Waals surface area contributed by atoms with Crippen LogP contribution in [0.3, 0.4) is 0 Å². The summed E-state index contributed by atoms with van der Waals surface area (Å²) in [5.41, 5.74) is -1.11. The Morgan fingerprint density at radius 1 is 1.28 bits per heavy atom. The lowest BCUT2D eigenvalue weighted by Gasteiger charge is -2.61.